The normalized spacial score (nSPS) is 10.6. The minimum absolute atomic E-state index is 0.0593. The second-order valence-corrected chi connectivity index (χ2v) is 8.71. The smallest absolute Gasteiger partial charge is 0.224 e. The van der Waals surface area contributed by atoms with Gasteiger partial charge in [-0.15, -0.1) is 0 Å². The first kappa shape index (κ1) is 25.9. The van der Waals surface area contributed by atoms with Gasteiger partial charge in [-0.05, 0) is 69.5 Å². The van der Waals surface area contributed by atoms with Crippen molar-refractivity contribution in [3.8, 4) is 23.1 Å². The third-order valence-corrected chi connectivity index (χ3v) is 5.73. The van der Waals surface area contributed by atoms with Crippen LogP contribution in [-0.2, 0) is 11.2 Å². The Morgan fingerprint density at radius 2 is 1.57 bits per heavy atom. The summed E-state index contributed by atoms with van der Waals surface area (Å²) in [6, 6.07) is 11.7. The molecule has 35 heavy (non-hydrogen) atoms. The third kappa shape index (κ3) is 6.66. The maximum Gasteiger partial charge on any atom is 0.224 e. The molecule has 3 aromatic rings. The zero-order valence-electron chi connectivity index (χ0n) is 21.7. The Balaban J connectivity index is 1.59. The molecular weight excluding hydrogens is 442 g/mol. The minimum Gasteiger partial charge on any atom is -0.493 e. The Morgan fingerprint density at radius 3 is 2.23 bits per heavy atom. The summed E-state index contributed by atoms with van der Waals surface area (Å²) >= 11 is 0. The van der Waals surface area contributed by atoms with Gasteiger partial charge in [0.05, 0.1) is 20.6 Å². The molecule has 0 spiro atoms. The van der Waals surface area contributed by atoms with E-state index in [1.807, 2.05) is 45.9 Å². The van der Waals surface area contributed by atoms with Crippen molar-refractivity contribution in [3.05, 3.63) is 69.9 Å². The van der Waals surface area contributed by atoms with E-state index in [9.17, 15) is 4.79 Å². The Hall–Kier alpha value is -3.74. The number of carbonyl (C=O) groups excluding carboxylic acids is 1. The highest BCUT2D eigenvalue weighted by atomic mass is 16.5. The summed E-state index contributed by atoms with van der Waals surface area (Å²) in [5.41, 5.74) is 6.94. The number of nitrogens with one attached hydrogen (secondary N) is 2. The summed E-state index contributed by atoms with van der Waals surface area (Å²) < 4.78 is 16.8. The Kier molecular flexibility index (Phi) is 8.58. The highest BCUT2D eigenvalue weighted by molar-refractivity contribution is 5.78. The van der Waals surface area contributed by atoms with Crippen molar-refractivity contribution >= 4 is 11.6 Å². The van der Waals surface area contributed by atoms with E-state index in [4.69, 9.17) is 14.2 Å². The van der Waals surface area contributed by atoms with Crippen LogP contribution < -0.4 is 24.8 Å². The molecule has 0 aliphatic rings. The van der Waals surface area contributed by atoms with Crippen molar-refractivity contribution in [3.63, 3.8) is 0 Å². The van der Waals surface area contributed by atoms with Crippen molar-refractivity contribution in [1.29, 1.82) is 0 Å². The van der Waals surface area contributed by atoms with Crippen molar-refractivity contribution in [1.82, 2.24) is 10.3 Å². The molecule has 7 heteroatoms. The number of carbonyl (C=O) groups is 1. The van der Waals surface area contributed by atoms with E-state index in [0.29, 0.717) is 30.5 Å². The molecule has 186 valence electrons. The van der Waals surface area contributed by atoms with Crippen LogP contribution in [-0.4, -0.2) is 38.2 Å². The largest absolute Gasteiger partial charge is 0.493 e. The van der Waals surface area contributed by atoms with Gasteiger partial charge >= 0.3 is 0 Å². The van der Waals surface area contributed by atoms with Gasteiger partial charge in [-0.3, -0.25) is 4.79 Å². The van der Waals surface area contributed by atoms with Gasteiger partial charge in [0.25, 0.3) is 0 Å². The Bertz CT molecular complexity index is 1180. The standard InChI is InChI=1S/C28H35N3O4/c1-17-12-18(2)27(19(3)13-17)35-28-21(5)23(14-20(4)31-28)29-10-11-30-26(32)16-22-8-9-24(33-6)25(15-22)34-7/h8-9,12-15H,10-11,16H2,1-7H3,(H,29,31)(H,30,32). The van der Waals surface area contributed by atoms with Crippen LogP contribution in [0.2, 0.25) is 0 Å². The number of aryl methyl sites for hydroxylation is 4. The number of hydrogen-bond acceptors (Lipinski definition) is 6. The number of amides is 1. The molecule has 1 aromatic heterocycles. The lowest BCUT2D eigenvalue weighted by molar-refractivity contribution is -0.120. The first-order chi connectivity index (χ1) is 16.7. The maximum absolute atomic E-state index is 12.4. The van der Waals surface area contributed by atoms with Crippen LogP contribution in [0.25, 0.3) is 0 Å². The fourth-order valence-electron chi connectivity index (χ4n) is 4.05. The monoisotopic (exact) mass is 477 g/mol. The van der Waals surface area contributed by atoms with Crippen LogP contribution in [0.1, 0.15) is 33.5 Å². The van der Waals surface area contributed by atoms with E-state index in [1.54, 1.807) is 20.3 Å². The van der Waals surface area contributed by atoms with E-state index in [0.717, 1.165) is 39.4 Å². The molecule has 0 fully saturated rings. The predicted molar refractivity (Wildman–Crippen MR) is 139 cm³/mol. The number of methoxy groups -OCH3 is 2. The van der Waals surface area contributed by atoms with E-state index in [-0.39, 0.29) is 12.3 Å². The molecule has 0 saturated carbocycles. The summed E-state index contributed by atoms with van der Waals surface area (Å²) in [5, 5.41) is 6.36. The Labute approximate surface area is 207 Å². The van der Waals surface area contributed by atoms with Gasteiger partial charge in [0.1, 0.15) is 5.75 Å². The summed E-state index contributed by atoms with van der Waals surface area (Å²) in [6.45, 7) is 11.2. The lowest BCUT2D eigenvalue weighted by atomic mass is 10.1. The second-order valence-electron chi connectivity index (χ2n) is 8.71. The number of aromatic nitrogens is 1. The van der Waals surface area contributed by atoms with Crippen LogP contribution in [0, 0.1) is 34.6 Å². The minimum atomic E-state index is -0.0593. The zero-order chi connectivity index (χ0) is 25.5. The third-order valence-electron chi connectivity index (χ3n) is 5.73. The summed E-state index contributed by atoms with van der Waals surface area (Å²) in [4.78, 5) is 17.0. The first-order valence-electron chi connectivity index (χ1n) is 11.7. The summed E-state index contributed by atoms with van der Waals surface area (Å²) in [6.07, 6.45) is 0.265. The van der Waals surface area contributed by atoms with Crippen molar-refractivity contribution in [2.75, 3.05) is 32.6 Å². The molecular formula is C28H35N3O4. The van der Waals surface area contributed by atoms with Crippen LogP contribution in [0.3, 0.4) is 0 Å². The molecule has 0 saturated heterocycles. The summed E-state index contributed by atoms with van der Waals surface area (Å²) in [7, 11) is 3.17. The first-order valence-corrected chi connectivity index (χ1v) is 11.7. The quantitative estimate of drug-likeness (QED) is 0.391. The SMILES string of the molecule is COc1ccc(CC(=O)NCCNc2cc(C)nc(Oc3c(C)cc(C)cc3C)c2C)cc1OC. The van der Waals surface area contributed by atoms with E-state index in [1.165, 1.54) is 5.56 Å². The molecule has 2 N–H and O–H groups in total. The van der Waals surface area contributed by atoms with Crippen molar-refractivity contribution in [2.24, 2.45) is 0 Å². The Morgan fingerprint density at radius 1 is 0.886 bits per heavy atom. The fourth-order valence-corrected chi connectivity index (χ4v) is 4.05. The number of anilines is 1. The summed E-state index contributed by atoms with van der Waals surface area (Å²) in [5.74, 6) is 2.61. The highest BCUT2D eigenvalue weighted by Crippen LogP contribution is 2.33. The van der Waals surface area contributed by atoms with Gasteiger partial charge in [-0.2, -0.15) is 0 Å². The van der Waals surface area contributed by atoms with Gasteiger partial charge < -0.3 is 24.8 Å². The fraction of sp³-hybridized carbons (Fsp3) is 0.357. The number of benzene rings is 2. The van der Waals surface area contributed by atoms with Crippen LogP contribution in [0.15, 0.2) is 36.4 Å². The average Bonchev–Trinajstić information content (AvgIpc) is 2.81. The van der Waals surface area contributed by atoms with Gasteiger partial charge in [-0.1, -0.05) is 23.8 Å². The molecule has 1 heterocycles. The molecule has 7 nitrogen and oxygen atoms in total. The van der Waals surface area contributed by atoms with Gasteiger partial charge in [-0.25, -0.2) is 4.98 Å². The van der Waals surface area contributed by atoms with Crippen LogP contribution in [0.4, 0.5) is 5.69 Å². The van der Waals surface area contributed by atoms with Gasteiger partial charge in [0.2, 0.25) is 11.8 Å². The molecule has 0 aliphatic carbocycles. The number of nitrogens with zero attached hydrogens (tertiary/aromatic N) is 1. The van der Waals surface area contributed by atoms with E-state index >= 15 is 0 Å². The molecule has 0 radical (unpaired) electrons. The van der Waals surface area contributed by atoms with Crippen molar-refractivity contribution in [2.45, 2.75) is 41.0 Å². The highest BCUT2D eigenvalue weighted by Gasteiger charge is 2.13. The van der Waals surface area contributed by atoms with Crippen LogP contribution in [0.5, 0.6) is 23.1 Å². The number of pyridine rings is 1. The van der Waals surface area contributed by atoms with Gasteiger partial charge in [0.15, 0.2) is 11.5 Å². The second kappa shape index (κ2) is 11.6. The molecule has 3 rings (SSSR count). The molecule has 0 atom stereocenters. The molecule has 0 aliphatic heterocycles. The van der Waals surface area contributed by atoms with Gasteiger partial charge in [0, 0.05) is 30.0 Å². The number of rotatable bonds is 10. The molecule has 0 unspecified atom stereocenters. The van der Waals surface area contributed by atoms with E-state index < -0.39 is 0 Å². The molecule has 0 bridgehead atoms. The predicted octanol–water partition coefficient (Wildman–Crippen LogP) is 5.20. The zero-order valence-corrected chi connectivity index (χ0v) is 21.7. The molecule has 1 amide bonds. The number of ether oxygens (including phenoxy) is 3. The topological polar surface area (TPSA) is 81.7 Å². The molecule has 2 aromatic carbocycles. The van der Waals surface area contributed by atoms with E-state index in [2.05, 4.69) is 34.7 Å². The van der Waals surface area contributed by atoms with Crippen molar-refractivity contribution < 1.29 is 19.0 Å². The number of hydrogen-bond donors (Lipinski definition) is 2. The lowest BCUT2D eigenvalue weighted by Crippen LogP contribution is -2.30. The average molecular weight is 478 g/mol. The maximum atomic E-state index is 12.4. The lowest BCUT2D eigenvalue weighted by Gasteiger charge is -2.17. The van der Waals surface area contributed by atoms with Crippen LogP contribution >= 0.6 is 0 Å².